The minimum atomic E-state index is -4.65. The molecule has 0 aromatic carbocycles. The summed E-state index contributed by atoms with van der Waals surface area (Å²) in [5.41, 5.74) is -0.00129. The summed E-state index contributed by atoms with van der Waals surface area (Å²) in [7, 11) is 0. The van der Waals surface area contributed by atoms with Crippen molar-refractivity contribution < 1.29 is 26.7 Å². The number of halogens is 4. The van der Waals surface area contributed by atoms with Crippen LogP contribution in [0.15, 0.2) is 36.9 Å². The molecular formula is C18H12F4N8+2. The average Bonchev–Trinajstić information content (AvgIpc) is 3.37. The van der Waals surface area contributed by atoms with Crippen molar-refractivity contribution in [2.75, 3.05) is 0 Å². The lowest BCUT2D eigenvalue weighted by molar-refractivity contribution is -0.990. The van der Waals surface area contributed by atoms with Gasteiger partial charge in [0, 0.05) is 11.6 Å². The van der Waals surface area contributed by atoms with Gasteiger partial charge in [0.15, 0.2) is 23.8 Å². The van der Waals surface area contributed by atoms with Crippen molar-refractivity contribution >= 4 is 0 Å². The largest absolute Gasteiger partial charge is 0.584 e. The number of alkyl halides is 3. The highest BCUT2D eigenvalue weighted by atomic mass is 19.4. The van der Waals surface area contributed by atoms with E-state index in [2.05, 4.69) is 20.2 Å². The molecule has 4 aromatic heterocycles. The Bertz CT molecular complexity index is 1390. The molecule has 0 fully saturated rings. The number of fused-ring (bicyclic) bond motifs is 10. The number of rotatable bonds is 0. The third kappa shape index (κ3) is 1.77. The molecule has 0 radical (unpaired) electrons. The minimum Gasteiger partial charge on any atom is -0.251 e. The number of hydrogen-bond donors (Lipinski definition) is 0. The molecule has 150 valence electrons. The molecule has 0 amide bonds. The van der Waals surface area contributed by atoms with Crippen molar-refractivity contribution in [3.8, 4) is 22.9 Å². The van der Waals surface area contributed by atoms with Gasteiger partial charge < -0.3 is 0 Å². The lowest BCUT2D eigenvalue weighted by Crippen LogP contribution is -2.77. The smallest absolute Gasteiger partial charge is 0.251 e. The zero-order chi connectivity index (χ0) is 21.0. The molecule has 8 nitrogen and oxygen atoms in total. The Hall–Kier alpha value is -3.70. The molecule has 12 heteroatoms. The quantitative estimate of drug-likeness (QED) is 0.277. The van der Waals surface area contributed by atoms with Gasteiger partial charge in [0.25, 0.3) is 11.4 Å². The normalized spacial score (nSPS) is 18.5. The molecule has 0 N–H and O–H groups in total. The Morgan fingerprint density at radius 2 is 1.80 bits per heavy atom. The van der Waals surface area contributed by atoms with E-state index in [1.54, 1.807) is 22.3 Å². The van der Waals surface area contributed by atoms with Gasteiger partial charge in [-0.3, -0.25) is 4.98 Å². The summed E-state index contributed by atoms with van der Waals surface area (Å²) < 4.78 is 61.3. The highest BCUT2D eigenvalue weighted by molar-refractivity contribution is 5.60. The van der Waals surface area contributed by atoms with E-state index in [4.69, 9.17) is 0 Å². The highest BCUT2D eigenvalue weighted by Gasteiger charge is 2.71. The van der Waals surface area contributed by atoms with Crippen LogP contribution in [0.4, 0.5) is 17.6 Å². The maximum atomic E-state index is 14.1. The van der Waals surface area contributed by atoms with Gasteiger partial charge >= 0.3 is 12.1 Å². The van der Waals surface area contributed by atoms with E-state index in [1.165, 1.54) is 47.0 Å². The molecule has 2 aliphatic rings. The van der Waals surface area contributed by atoms with Crippen molar-refractivity contribution in [2.45, 2.75) is 25.9 Å². The third-order valence-corrected chi connectivity index (χ3v) is 5.47. The maximum absolute atomic E-state index is 14.1. The molecule has 6 heterocycles. The molecule has 0 saturated carbocycles. The summed E-state index contributed by atoms with van der Waals surface area (Å²) in [6, 6.07) is 2.50. The number of hydrogen-bond acceptors (Lipinski definition) is 4. The first kappa shape index (κ1) is 17.2. The van der Waals surface area contributed by atoms with Crippen LogP contribution in [0.5, 0.6) is 0 Å². The lowest BCUT2D eigenvalue weighted by atomic mass is 10.1. The SMILES string of the molecule is Cc1nc2n(n1)C1(n3nc(C(F)(F)F)c(C)c3-c3cncc[n+]31)[n+]1ccc(F)cc1-2. The summed E-state index contributed by atoms with van der Waals surface area (Å²) in [6.45, 7) is 3.03. The molecule has 0 bridgehead atoms. The Kier molecular flexibility index (Phi) is 2.90. The van der Waals surface area contributed by atoms with E-state index in [0.29, 0.717) is 23.0 Å². The van der Waals surface area contributed by atoms with E-state index in [0.717, 1.165) is 0 Å². The monoisotopic (exact) mass is 416 g/mol. The lowest BCUT2D eigenvalue weighted by Gasteiger charge is -2.15. The van der Waals surface area contributed by atoms with E-state index < -0.39 is 23.6 Å². The summed E-state index contributed by atoms with van der Waals surface area (Å²) in [6.07, 6.45) is 1.42. The highest BCUT2D eigenvalue weighted by Crippen LogP contribution is 2.42. The molecule has 2 aliphatic heterocycles. The first-order valence-corrected chi connectivity index (χ1v) is 8.94. The van der Waals surface area contributed by atoms with Crippen molar-refractivity contribution in [1.29, 1.82) is 0 Å². The Labute approximate surface area is 165 Å². The first-order chi connectivity index (χ1) is 14.2. The van der Waals surface area contributed by atoms with Gasteiger partial charge in [0.2, 0.25) is 5.82 Å². The van der Waals surface area contributed by atoms with Gasteiger partial charge in [0.1, 0.15) is 17.8 Å². The van der Waals surface area contributed by atoms with Crippen LogP contribution in [0.3, 0.4) is 0 Å². The van der Waals surface area contributed by atoms with Crippen LogP contribution >= 0.6 is 0 Å². The maximum Gasteiger partial charge on any atom is 0.584 e. The van der Waals surface area contributed by atoms with Gasteiger partial charge in [-0.2, -0.15) is 18.3 Å². The standard InChI is InChI=1S/C18H12F4N8/c1-9-14-13-8-23-4-6-28(13)18(29(14)26-15(9)17(20,21)22)27-5-3-11(19)7-12(27)16-24-10(2)25-30(16)18/h3-8H,1-2H3/q+2. The van der Waals surface area contributed by atoms with Crippen LogP contribution in [0.1, 0.15) is 17.1 Å². The van der Waals surface area contributed by atoms with Gasteiger partial charge in [0.05, 0.1) is 12.3 Å². The van der Waals surface area contributed by atoms with Crippen molar-refractivity contribution in [3.63, 3.8) is 0 Å². The van der Waals surface area contributed by atoms with Crippen molar-refractivity contribution in [3.05, 3.63) is 59.8 Å². The van der Waals surface area contributed by atoms with E-state index >= 15 is 0 Å². The number of pyridine rings is 1. The summed E-state index contributed by atoms with van der Waals surface area (Å²) >= 11 is 0. The molecule has 0 aliphatic carbocycles. The van der Waals surface area contributed by atoms with E-state index in [-0.39, 0.29) is 11.3 Å². The van der Waals surface area contributed by atoms with E-state index in [1.807, 2.05) is 0 Å². The molecule has 4 aromatic rings. The number of aromatic nitrogens is 8. The minimum absolute atomic E-state index is 0.0318. The predicted octanol–water partition coefficient (Wildman–Crippen LogP) is 1.39. The Morgan fingerprint density at radius 3 is 2.57 bits per heavy atom. The topological polar surface area (TPSA) is 69.2 Å². The second-order valence-electron chi connectivity index (χ2n) is 7.16. The van der Waals surface area contributed by atoms with Crippen LogP contribution in [0, 0.1) is 19.7 Å². The summed E-state index contributed by atoms with van der Waals surface area (Å²) in [5, 5.41) is 8.43. The van der Waals surface area contributed by atoms with Crippen LogP contribution < -0.4 is 9.13 Å². The van der Waals surface area contributed by atoms with E-state index in [9.17, 15) is 17.6 Å². The fraction of sp³-hybridized carbons (Fsp3) is 0.222. The number of nitrogens with zero attached hydrogens (tertiary/aromatic N) is 8. The van der Waals surface area contributed by atoms with Crippen LogP contribution in [0.25, 0.3) is 22.9 Å². The molecule has 30 heavy (non-hydrogen) atoms. The second-order valence-corrected chi connectivity index (χ2v) is 7.16. The Balaban J connectivity index is 1.83. The van der Waals surface area contributed by atoms with Crippen molar-refractivity contribution in [2.24, 2.45) is 0 Å². The first-order valence-electron chi connectivity index (χ1n) is 8.94. The zero-order valence-electron chi connectivity index (χ0n) is 15.6. The van der Waals surface area contributed by atoms with Gasteiger partial charge in [-0.15, -0.1) is 9.78 Å². The van der Waals surface area contributed by atoms with Crippen LogP contribution in [-0.4, -0.2) is 29.5 Å². The fourth-order valence-electron chi connectivity index (χ4n) is 4.39. The van der Waals surface area contributed by atoms with Crippen LogP contribution in [0.2, 0.25) is 0 Å². The number of aryl methyl sites for hydroxylation is 1. The van der Waals surface area contributed by atoms with Crippen molar-refractivity contribution in [1.82, 2.24) is 29.5 Å². The summed E-state index contributed by atoms with van der Waals surface area (Å²) in [4.78, 5) is 8.48. The van der Waals surface area contributed by atoms with Gasteiger partial charge in [-0.25, -0.2) is 9.37 Å². The molecule has 0 saturated heterocycles. The second kappa shape index (κ2) is 5.07. The third-order valence-electron chi connectivity index (χ3n) is 5.47. The predicted molar refractivity (Wildman–Crippen MR) is 89.9 cm³/mol. The molecule has 6 rings (SSSR count). The molecular weight excluding hydrogens is 404 g/mol. The van der Waals surface area contributed by atoms with Crippen LogP contribution in [-0.2, 0) is 12.1 Å². The summed E-state index contributed by atoms with van der Waals surface area (Å²) in [5.74, 6) is -1.31. The van der Waals surface area contributed by atoms with Gasteiger partial charge in [-0.1, -0.05) is 13.8 Å². The molecule has 1 spiro atoms. The van der Waals surface area contributed by atoms with Gasteiger partial charge in [-0.05, 0) is 13.8 Å². The Morgan fingerprint density at radius 1 is 1.03 bits per heavy atom. The molecule has 1 unspecified atom stereocenters. The zero-order valence-corrected chi connectivity index (χ0v) is 15.6. The average molecular weight is 416 g/mol. The molecule has 1 atom stereocenters. The fourth-order valence-corrected chi connectivity index (χ4v) is 4.39.